The molecule has 0 fully saturated rings. The van der Waals surface area contributed by atoms with Gasteiger partial charge in [-0.15, -0.1) is 0 Å². The van der Waals surface area contributed by atoms with Gasteiger partial charge >= 0.3 is 11.9 Å². The highest BCUT2D eigenvalue weighted by molar-refractivity contribution is 6.16. The first-order valence-electron chi connectivity index (χ1n) is 17.7. The fourth-order valence-electron chi connectivity index (χ4n) is 7.04. The summed E-state index contributed by atoms with van der Waals surface area (Å²) in [6, 6.07) is 26.8. The Morgan fingerprint density at radius 3 is 1.35 bits per heavy atom. The minimum Gasteiger partial charge on any atom is -0.461 e. The number of hydrogen-bond donors (Lipinski definition) is 0. The van der Waals surface area contributed by atoms with E-state index in [1.807, 2.05) is 62.4 Å². The van der Waals surface area contributed by atoms with Gasteiger partial charge in [0.15, 0.2) is 11.4 Å². The number of carbonyl (C=O) groups is 2. The van der Waals surface area contributed by atoms with Crippen molar-refractivity contribution in [2.75, 3.05) is 13.2 Å². The predicted molar refractivity (Wildman–Crippen MR) is 198 cm³/mol. The molecule has 6 aromatic rings. The molecule has 0 saturated carbocycles. The second-order valence-corrected chi connectivity index (χ2v) is 13.0. The van der Waals surface area contributed by atoms with Gasteiger partial charge in [0.05, 0.1) is 59.5 Å². The van der Waals surface area contributed by atoms with Crippen molar-refractivity contribution in [1.29, 1.82) is 0 Å². The number of esters is 2. The van der Waals surface area contributed by atoms with E-state index >= 15 is 0 Å². The summed E-state index contributed by atoms with van der Waals surface area (Å²) in [7, 11) is 0. The van der Waals surface area contributed by atoms with Crippen LogP contribution in [0.4, 0.5) is 8.78 Å². The normalized spacial score (nSPS) is 15.7. The van der Waals surface area contributed by atoms with Gasteiger partial charge in [0.2, 0.25) is 0 Å². The lowest BCUT2D eigenvalue weighted by atomic mass is 10.00. The SMILES string of the molecule is C[C@@H]1N=C(c2ccccc2F)c2ccccc2-n2cnc(C(=O)OCCCCOC(=O)c3ncn4c3[C@H](C)N=C(c3ccccc3F)c3ccccc3-4)c21. The van der Waals surface area contributed by atoms with Crippen LogP contribution >= 0.6 is 0 Å². The number of ether oxygens (including phenoxy) is 2. The second kappa shape index (κ2) is 14.5. The summed E-state index contributed by atoms with van der Waals surface area (Å²) in [5, 5.41) is 0. The minimum atomic E-state index is -0.611. The maximum absolute atomic E-state index is 14.9. The van der Waals surface area contributed by atoms with E-state index in [-0.39, 0.29) is 24.6 Å². The minimum absolute atomic E-state index is 0.0681. The molecule has 0 saturated heterocycles. The molecule has 2 aromatic heterocycles. The highest BCUT2D eigenvalue weighted by Gasteiger charge is 2.31. The molecule has 2 aliphatic rings. The lowest BCUT2D eigenvalue weighted by Gasteiger charge is -2.12. The van der Waals surface area contributed by atoms with Crippen LogP contribution in [0.1, 0.15) is 93.4 Å². The summed E-state index contributed by atoms with van der Waals surface area (Å²) in [6.07, 6.45) is 3.96. The van der Waals surface area contributed by atoms with Crippen LogP contribution in [0.15, 0.2) is 120 Å². The molecule has 0 amide bonds. The van der Waals surface area contributed by atoms with Crippen LogP contribution in [-0.4, -0.2) is 55.7 Å². The number of unbranched alkanes of at least 4 members (excludes halogenated alkanes) is 1. The van der Waals surface area contributed by atoms with Crippen LogP contribution in [0.25, 0.3) is 11.4 Å². The summed E-state index contributed by atoms with van der Waals surface area (Å²) < 4.78 is 44.7. The second-order valence-electron chi connectivity index (χ2n) is 13.0. The van der Waals surface area contributed by atoms with Crippen molar-refractivity contribution in [2.24, 2.45) is 9.98 Å². The van der Waals surface area contributed by atoms with Crippen molar-refractivity contribution in [2.45, 2.75) is 38.8 Å². The third kappa shape index (κ3) is 6.19. The fraction of sp³-hybridized carbons (Fsp3) is 0.190. The average Bonchev–Trinajstić information content (AvgIpc) is 3.79. The van der Waals surface area contributed by atoms with Gasteiger partial charge in [-0.2, -0.15) is 0 Å². The quantitative estimate of drug-likeness (QED) is 0.111. The average molecular weight is 725 g/mol. The smallest absolute Gasteiger partial charge is 0.358 e. The number of aliphatic imine (C=N–C) groups is 2. The van der Waals surface area contributed by atoms with Crippen molar-refractivity contribution in [1.82, 2.24) is 19.1 Å². The Balaban J connectivity index is 0.920. The van der Waals surface area contributed by atoms with Crippen LogP contribution in [-0.2, 0) is 9.47 Å². The number of benzene rings is 4. The molecule has 10 nitrogen and oxygen atoms in total. The molecule has 8 rings (SSSR count). The first-order valence-corrected chi connectivity index (χ1v) is 17.7. The highest BCUT2D eigenvalue weighted by atomic mass is 19.1. The molecule has 2 atom stereocenters. The maximum Gasteiger partial charge on any atom is 0.358 e. The number of imidazole rings is 2. The van der Waals surface area contributed by atoms with Gasteiger partial charge in [0.25, 0.3) is 0 Å². The number of nitrogens with zero attached hydrogens (tertiary/aromatic N) is 6. The Kier molecular flexibility index (Phi) is 9.24. The first kappa shape index (κ1) is 34.5. The summed E-state index contributed by atoms with van der Waals surface area (Å²) in [4.78, 5) is 45.2. The molecule has 270 valence electrons. The van der Waals surface area contributed by atoms with Crippen LogP contribution in [0.2, 0.25) is 0 Å². The number of hydrogen-bond acceptors (Lipinski definition) is 8. The van der Waals surface area contributed by atoms with Crippen LogP contribution in [0.3, 0.4) is 0 Å². The molecule has 2 aliphatic heterocycles. The predicted octanol–water partition coefficient (Wildman–Crippen LogP) is 7.95. The van der Waals surface area contributed by atoms with Crippen molar-refractivity contribution in [3.63, 3.8) is 0 Å². The van der Waals surface area contributed by atoms with Crippen molar-refractivity contribution < 1.29 is 27.8 Å². The Morgan fingerprint density at radius 2 is 0.944 bits per heavy atom. The highest BCUT2D eigenvalue weighted by Crippen LogP contribution is 2.35. The summed E-state index contributed by atoms with van der Waals surface area (Å²) in [6.45, 7) is 3.80. The first-order chi connectivity index (χ1) is 26.3. The number of rotatable bonds is 9. The monoisotopic (exact) mass is 724 g/mol. The van der Waals surface area contributed by atoms with E-state index in [4.69, 9.17) is 19.5 Å². The molecule has 0 aliphatic carbocycles. The number of fused-ring (bicyclic) bond motifs is 6. The van der Waals surface area contributed by atoms with E-state index < -0.39 is 35.7 Å². The molecular formula is C42H34F2N6O4. The molecule has 0 radical (unpaired) electrons. The van der Waals surface area contributed by atoms with Crippen LogP contribution in [0, 0.1) is 11.6 Å². The van der Waals surface area contributed by atoms with E-state index in [1.165, 1.54) is 12.1 Å². The third-order valence-electron chi connectivity index (χ3n) is 9.53. The molecule has 0 bridgehead atoms. The van der Waals surface area contributed by atoms with Gasteiger partial charge in [0.1, 0.15) is 24.3 Å². The van der Waals surface area contributed by atoms with E-state index in [1.54, 1.807) is 58.2 Å². The Labute approximate surface area is 309 Å². The van der Waals surface area contributed by atoms with Crippen LogP contribution < -0.4 is 0 Å². The largest absolute Gasteiger partial charge is 0.461 e. The zero-order valence-electron chi connectivity index (χ0n) is 29.4. The summed E-state index contributed by atoms with van der Waals surface area (Å²) >= 11 is 0. The molecular weight excluding hydrogens is 690 g/mol. The van der Waals surface area contributed by atoms with Gasteiger partial charge in [-0.1, -0.05) is 60.7 Å². The van der Waals surface area contributed by atoms with Crippen molar-refractivity contribution in [3.05, 3.63) is 166 Å². The summed E-state index contributed by atoms with van der Waals surface area (Å²) in [5.41, 5.74) is 5.89. The van der Waals surface area contributed by atoms with Gasteiger partial charge in [-0.05, 0) is 63.1 Å². The Hall–Kier alpha value is -6.56. The molecule has 4 aromatic carbocycles. The lowest BCUT2D eigenvalue weighted by Crippen LogP contribution is -2.14. The third-order valence-corrected chi connectivity index (χ3v) is 9.53. The molecule has 0 spiro atoms. The standard InChI is InChI=1S/C42H34F2N6O4/c1-25-39-37(45-23-49(39)33-19-9-5-15-29(33)35(47-25)27-13-3-7-17-31(27)43)41(51)53-21-11-12-22-54-42(52)38-40-26(2)48-36(28-14-4-8-18-32(28)44)30-16-6-10-20-34(30)50(40)24-46-38/h3-10,13-20,23-26H,11-12,21-22H2,1-2H3/t25-,26-/m0/s1. The molecule has 0 unspecified atom stereocenters. The van der Waals surface area contributed by atoms with Gasteiger partial charge < -0.3 is 9.47 Å². The molecule has 0 N–H and O–H groups in total. The zero-order valence-corrected chi connectivity index (χ0v) is 29.4. The van der Waals surface area contributed by atoms with E-state index in [2.05, 4.69) is 9.97 Å². The molecule has 54 heavy (non-hydrogen) atoms. The van der Waals surface area contributed by atoms with Gasteiger partial charge in [0, 0.05) is 22.3 Å². The number of carbonyl (C=O) groups excluding carboxylic acids is 2. The van der Waals surface area contributed by atoms with Gasteiger partial charge in [-0.3, -0.25) is 19.1 Å². The molecule has 12 heteroatoms. The van der Waals surface area contributed by atoms with E-state index in [9.17, 15) is 18.4 Å². The van der Waals surface area contributed by atoms with E-state index in [0.717, 1.165) is 11.4 Å². The van der Waals surface area contributed by atoms with Gasteiger partial charge in [-0.25, -0.2) is 28.3 Å². The number of aromatic nitrogens is 4. The lowest BCUT2D eigenvalue weighted by molar-refractivity contribution is 0.0424. The Morgan fingerprint density at radius 1 is 0.574 bits per heavy atom. The Bertz CT molecular complexity index is 2310. The number of para-hydroxylation sites is 2. The zero-order chi connectivity index (χ0) is 37.3. The van der Waals surface area contributed by atoms with Crippen molar-refractivity contribution in [3.8, 4) is 11.4 Å². The molecule has 4 heterocycles. The fourth-order valence-corrected chi connectivity index (χ4v) is 7.04. The number of halogens is 2. The van der Waals surface area contributed by atoms with Crippen LogP contribution in [0.5, 0.6) is 0 Å². The maximum atomic E-state index is 14.9. The summed E-state index contributed by atoms with van der Waals surface area (Å²) in [5.74, 6) is -2.00. The topological polar surface area (TPSA) is 113 Å². The van der Waals surface area contributed by atoms with Crippen molar-refractivity contribution >= 4 is 23.4 Å². The van der Waals surface area contributed by atoms with E-state index in [0.29, 0.717) is 57.9 Å².